The van der Waals surface area contributed by atoms with Crippen LogP contribution in [0.4, 0.5) is 24.7 Å². The average molecular weight is 385 g/mol. The van der Waals surface area contributed by atoms with E-state index in [1.807, 2.05) is 6.92 Å². The van der Waals surface area contributed by atoms with E-state index in [4.69, 9.17) is 0 Å². The molecule has 148 valence electrons. The van der Waals surface area contributed by atoms with Crippen molar-refractivity contribution < 1.29 is 28.1 Å². The molecule has 0 amide bonds. The van der Waals surface area contributed by atoms with Crippen LogP contribution in [0, 0.1) is 0 Å². The van der Waals surface area contributed by atoms with Gasteiger partial charge in [-0.25, -0.2) is 4.98 Å². The van der Waals surface area contributed by atoms with Crippen molar-refractivity contribution in [2.24, 2.45) is 0 Å². The highest BCUT2D eigenvalue weighted by atomic mass is 19.4. The van der Waals surface area contributed by atoms with Crippen molar-refractivity contribution in [1.29, 1.82) is 0 Å². The summed E-state index contributed by atoms with van der Waals surface area (Å²) >= 11 is 0. The fourth-order valence-corrected chi connectivity index (χ4v) is 2.77. The highest BCUT2D eigenvalue weighted by Crippen LogP contribution is 2.33. The van der Waals surface area contributed by atoms with Crippen LogP contribution in [-0.2, 0) is 0 Å². The van der Waals surface area contributed by atoms with Gasteiger partial charge in [-0.1, -0.05) is 6.92 Å². The van der Waals surface area contributed by atoms with Crippen LogP contribution in [0.3, 0.4) is 0 Å². The molecule has 9 heteroatoms. The number of aromatic nitrogens is 1. The highest BCUT2D eigenvalue weighted by Gasteiger charge is 2.31. The maximum absolute atomic E-state index is 12.3. The molecule has 2 aromatic rings. The third-order valence-corrected chi connectivity index (χ3v) is 4.01. The van der Waals surface area contributed by atoms with Crippen LogP contribution < -0.4 is 15.4 Å². The Morgan fingerprint density at radius 1 is 1.19 bits per heavy atom. The fraction of sp³-hybridized carbons (Fsp3) is 0.389. The maximum atomic E-state index is 12.3. The minimum absolute atomic E-state index is 0.148. The topological polar surface area (TPSA) is 86.6 Å². The van der Waals surface area contributed by atoms with E-state index in [-0.39, 0.29) is 11.8 Å². The number of hydrogen-bond acceptors (Lipinski definition) is 6. The highest BCUT2D eigenvalue weighted by molar-refractivity contribution is 5.62. The second kappa shape index (κ2) is 9.03. The first-order valence-electron chi connectivity index (χ1n) is 8.36. The van der Waals surface area contributed by atoms with E-state index >= 15 is 0 Å². The van der Waals surface area contributed by atoms with Gasteiger partial charge in [-0.3, -0.25) is 0 Å². The van der Waals surface area contributed by atoms with Gasteiger partial charge >= 0.3 is 6.36 Å². The summed E-state index contributed by atoms with van der Waals surface area (Å²) in [5.41, 5.74) is 1.70. The zero-order valence-corrected chi connectivity index (χ0v) is 14.9. The number of halogens is 3. The van der Waals surface area contributed by atoms with Crippen molar-refractivity contribution in [2.45, 2.75) is 31.9 Å². The number of anilines is 2. The summed E-state index contributed by atoms with van der Waals surface area (Å²) < 4.78 is 40.6. The molecule has 6 nitrogen and oxygen atoms in total. The van der Waals surface area contributed by atoms with Crippen molar-refractivity contribution in [3.05, 3.63) is 47.7 Å². The lowest BCUT2D eigenvalue weighted by atomic mass is 9.96. The lowest BCUT2D eigenvalue weighted by Crippen LogP contribution is -2.21. The molecule has 2 unspecified atom stereocenters. The first-order valence-corrected chi connectivity index (χ1v) is 8.36. The number of benzene rings is 1. The van der Waals surface area contributed by atoms with Gasteiger partial charge in [0, 0.05) is 23.5 Å². The predicted octanol–water partition coefficient (Wildman–Crippen LogP) is 3.42. The number of pyridine rings is 1. The zero-order valence-electron chi connectivity index (χ0n) is 14.9. The van der Waals surface area contributed by atoms with Crippen LogP contribution in [0.25, 0.3) is 0 Å². The Kier molecular flexibility index (Phi) is 7.00. The van der Waals surface area contributed by atoms with E-state index in [9.17, 15) is 23.4 Å². The van der Waals surface area contributed by atoms with Crippen molar-refractivity contribution in [3.8, 4) is 5.75 Å². The van der Waals surface area contributed by atoms with Gasteiger partial charge in [0.25, 0.3) is 0 Å². The summed E-state index contributed by atoms with van der Waals surface area (Å²) in [6, 6.07) is 6.73. The van der Waals surface area contributed by atoms with Crippen molar-refractivity contribution in [2.75, 3.05) is 19.0 Å². The van der Waals surface area contributed by atoms with Gasteiger partial charge in [-0.05, 0) is 49.4 Å². The van der Waals surface area contributed by atoms with Crippen molar-refractivity contribution in [1.82, 2.24) is 10.3 Å². The monoisotopic (exact) mass is 385 g/mol. The van der Waals surface area contributed by atoms with Crippen LogP contribution >= 0.6 is 0 Å². The molecule has 4 N–H and O–H groups in total. The molecule has 1 heterocycles. The molecule has 0 saturated carbocycles. The Morgan fingerprint density at radius 2 is 1.85 bits per heavy atom. The lowest BCUT2D eigenvalue weighted by molar-refractivity contribution is -0.274. The van der Waals surface area contributed by atoms with Gasteiger partial charge in [0.05, 0.1) is 6.61 Å². The Labute approximate surface area is 155 Å². The first-order chi connectivity index (χ1) is 12.8. The third kappa shape index (κ3) is 5.56. The largest absolute Gasteiger partial charge is 0.573 e. The smallest absolute Gasteiger partial charge is 0.406 e. The van der Waals surface area contributed by atoms with Crippen LogP contribution in [0.2, 0.25) is 0 Å². The normalized spacial score (nSPS) is 13.9. The number of aliphatic hydroxyl groups is 2. The van der Waals surface area contributed by atoms with Crippen LogP contribution in [0.15, 0.2) is 36.5 Å². The fourth-order valence-electron chi connectivity index (χ4n) is 2.77. The summed E-state index contributed by atoms with van der Waals surface area (Å²) in [6.07, 6.45) is -3.64. The van der Waals surface area contributed by atoms with Crippen molar-refractivity contribution in [3.63, 3.8) is 0 Å². The Balaban J connectivity index is 2.35. The number of ether oxygens (including phenoxy) is 1. The minimum Gasteiger partial charge on any atom is -0.406 e. The number of alkyl halides is 3. The van der Waals surface area contributed by atoms with Crippen LogP contribution in [0.5, 0.6) is 5.75 Å². The zero-order chi connectivity index (χ0) is 20.0. The van der Waals surface area contributed by atoms with Crippen molar-refractivity contribution >= 4 is 11.5 Å². The van der Waals surface area contributed by atoms with Gasteiger partial charge < -0.3 is 25.6 Å². The van der Waals surface area contributed by atoms with E-state index < -0.39 is 19.1 Å². The molecular weight excluding hydrogens is 363 g/mol. The molecule has 27 heavy (non-hydrogen) atoms. The van der Waals surface area contributed by atoms with Gasteiger partial charge in [0.15, 0.2) is 0 Å². The van der Waals surface area contributed by atoms with E-state index in [1.54, 1.807) is 13.1 Å². The predicted molar refractivity (Wildman–Crippen MR) is 94.8 cm³/mol. The van der Waals surface area contributed by atoms with Gasteiger partial charge in [-0.2, -0.15) is 0 Å². The molecule has 2 rings (SSSR count). The summed E-state index contributed by atoms with van der Waals surface area (Å²) in [4.78, 5) is 4.29. The molecule has 0 spiro atoms. The SMILES string of the molecule is CCC(NC)c1c(C(O)CO)ccnc1Nc1ccc(OC(F)(F)F)cc1. The Morgan fingerprint density at radius 3 is 2.37 bits per heavy atom. The number of aliphatic hydroxyl groups excluding tert-OH is 2. The van der Waals surface area contributed by atoms with E-state index in [0.29, 0.717) is 29.1 Å². The quantitative estimate of drug-likeness (QED) is 0.557. The Bertz CT molecular complexity index is 735. The Hall–Kier alpha value is -2.36. The summed E-state index contributed by atoms with van der Waals surface area (Å²) in [5, 5.41) is 25.6. The number of nitrogens with one attached hydrogen (secondary N) is 2. The molecule has 2 atom stereocenters. The average Bonchev–Trinajstić information content (AvgIpc) is 2.63. The van der Waals surface area contributed by atoms with Crippen LogP contribution in [-0.4, -0.2) is 35.2 Å². The number of hydrogen-bond donors (Lipinski definition) is 4. The molecule has 0 bridgehead atoms. The second-order valence-electron chi connectivity index (χ2n) is 5.81. The number of nitrogens with zero attached hydrogens (tertiary/aromatic N) is 1. The summed E-state index contributed by atoms with van der Waals surface area (Å²) in [6.45, 7) is 1.51. The number of rotatable bonds is 8. The molecule has 1 aromatic carbocycles. The van der Waals surface area contributed by atoms with E-state index in [0.717, 1.165) is 0 Å². The minimum atomic E-state index is -4.75. The summed E-state index contributed by atoms with van der Waals surface area (Å²) in [7, 11) is 1.77. The third-order valence-electron chi connectivity index (χ3n) is 4.01. The maximum Gasteiger partial charge on any atom is 0.573 e. The molecule has 0 radical (unpaired) electrons. The van der Waals surface area contributed by atoms with E-state index in [2.05, 4.69) is 20.4 Å². The molecule has 0 fully saturated rings. The molecule has 1 aromatic heterocycles. The summed E-state index contributed by atoms with van der Waals surface area (Å²) in [5.74, 6) is 0.109. The molecule has 0 saturated heterocycles. The van der Waals surface area contributed by atoms with Crippen LogP contribution in [0.1, 0.15) is 36.6 Å². The van der Waals surface area contributed by atoms with Gasteiger partial charge in [0.1, 0.15) is 17.7 Å². The molecule has 0 aliphatic rings. The first kappa shape index (κ1) is 20.9. The lowest BCUT2D eigenvalue weighted by Gasteiger charge is -2.24. The molecular formula is C18H22F3N3O3. The standard InChI is InChI=1S/C18H22F3N3O3/c1-3-14(22-2)16-13(15(26)10-25)8-9-23-17(16)24-11-4-6-12(7-5-11)27-18(19,20)21/h4-9,14-15,22,25-26H,3,10H2,1-2H3,(H,23,24). The molecule has 0 aliphatic carbocycles. The van der Waals surface area contributed by atoms with E-state index in [1.165, 1.54) is 30.5 Å². The second-order valence-corrected chi connectivity index (χ2v) is 5.81. The van der Waals surface area contributed by atoms with Gasteiger partial charge in [0.2, 0.25) is 0 Å². The molecule has 0 aliphatic heterocycles. The van der Waals surface area contributed by atoms with Gasteiger partial charge in [-0.15, -0.1) is 13.2 Å².